The van der Waals surface area contributed by atoms with Gasteiger partial charge in [-0.1, -0.05) is 48.5 Å². The molecule has 0 spiro atoms. The number of fused-ring (bicyclic) bond motifs is 5. The van der Waals surface area contributed by atoms with E-state index in [0.29, 0.717) is 0 Å². The van der Waals surface area contributed by atoms with Crippen molar-refractivity contribution in [3.63, 3.8) is 0 Å². The third-order valence-electron chi connectivity index (χ3n) is 5.33. The molecule has 1 aliphatic heterocycles. The average Bonchev–Trinajstić information content (AvgIpc) is 2.76. The predicted molar refractivity (Wildman–Crippen MR) is 118 cm³/mol. The van der Waals surface area contributed by atoms with E-state index < -0.39 is 19.5 Å². The summed E-state index contributed by atoms with van der Waals surface area (Å²) in [6.07, 6.45) is 1.05. The molecule has 1 aliphatic rings. The number of benzene rings is 3. The van der Waals surface area contributed by atoms with E-state index in [1.165, 1.54) is 33.3 Å². The van der Waals surface area contributed by atoms with Gasteiger partial charge in [-0.15, -0.1) is 0 Å². The second-order valence-corrected chi connectivity index (χ2v) is 13.2. The van der Waals surface area contributed by atoms with Crippen LogP contribution in [-0.2, 0) is 13.0 Å². The number of pyridine rings is 1. The van der Waals surface area contributed by atoms with E-state index in [-0.39, 0.29) is 0 Å². The molecule has 0 fully saturated rings. The Morgan fingerprint density at radius 3 is 2.03 bits per heavy atom. The predicted octanol–water partition coefficient (Wildman–Crippen LogP) is 7.17. The second-order valence-electron chi connectivity index (χ2n) is 7.68. The van der Waals surface area contributed by atoms with Gasteiger partial charge in [0.15, 0.2) is 6.54 Å². The van der Waals surface area contributed by atoms with Crippen LogP contribution in [-0.4, -0.2) is 26.6 Å². The summed E-state index contributed by atoms with van der Waals surface area (Å²) < 4.78 is 67.7. The molecular formula is C24H20F6NOSb. The zero-order valence-electron chi connectivity index (χ0n) is 17.5. The third-order valence-corrected chi connectivity index (χ3v) is 5.33. The van der Waals surface area contributed by atoms with Gasteiger partial charge in [-0.05, 0) is 35.2 Å². The number of aromatic nitrogens is 1. The number of methoxy groups -OCH3 is 1. The summed E-state index contributed by atoms with van der Waals surface area (Å²) in [5.41, 5.74) is 6.43. The Bertz CT molecular complexity index is 1340. The number of halogens is 6. The van der Waals surface area contributed by atoms with Crippen molar-refractivity contribution in [1.82, 2.24) is 0 Å². The maximum absolute atomic E-state index is 11.2. The Balaban J connectivity index is 0.000000325. The van der Waals surface area contributed by atoms with E-state index >= 15 is 0 Å². The zero-order chi connectivity index (χ0) is 23.9. The van der Waals surface area contributed by atoms with Gasteiger partial charge in [0.2, 0.25) is 11.4 Å². The quantitative estimate of drug-likeness (QED) is 0.141. The minimum absolute atomic E-state index is 0.913. The Labute approximate surface area is 189 Å². The van der Waals surface area contributed by atoms with Crippen molar-refractivity contribution >= 4 is 30.2 Å². The molecule has 5 rings (SSSR count). The van der Waals surface area contributed by atoms with Crippen molar-refractivity contribution in [2.75, 3.05) is 7.11 Å². The standard InChI is InChI=1S/C24H20NO.6FH.Sb/c1-26-23-13-7-6-12-21(23)22-16-18-9-3-5-11-20(18)24-19-10-4-2-8-17(19)14-15-25(22)24;;;;;;;/h2-13,16H,14-15H2,1H3;6*1H;/q+1;;;;;;;+5/p-6. The van der Waals surface area contributed by atoms with Crippen molar-refractivity contribution in [2.24, 2.45) is 0 Å². The number of para-hydroxylation sites is 1. The van der Waals surface area contributed by atoms with Gasteiger partial charge in [0.05, 0.1) is 23.6 Å². The molecule has 33 heavy (non-hydrogen) atoms. The third kappa shape index (κ3) is 5.80. The van der Waals surface area contributed by atoms with Crippen LogP contribution in [0.2, 0.25) is 0 Å². The van der Waals surface area contributed by atoms with Gasteiger partial charge in [-0.25, -0.2) is 0 Å². The number of nitrogens with zero attached hydrogens (tertiary/aromatic N) is 1. The first-order valence-corrected chi connectivity index (χ1v) is 15.8. The molecule has 0 bridgehead atoms. The Morgan fingerprint density at radius 2 is 1.33 bits per heavy atom. The fraction of sp³-hybridized carbons (Fsp3) is 0.125. The summed E-state index contributed by atoms with van der Waals surface area (Å²) in [5.74, 6) is 0.913. The summed E-state index contributed by atoms with van der Waals surface area (Å²) in [6.45, 7) is 0.977. The van der Waals surface area contributed by atoms with Gasteiger partial charge in [0.25, 0.3) is 0 Å². The number of hydrogen-bond acceptors (Lipinski definition) is 1. The summed E-state index contributed by atoms with van der Waals surface area (Å²) in [6, 6.07) is 28.0. The first-order valence-electron chi connectivity index (χ1n) is 10.1. The summed E-state index contributed by atoms with van der Waals surface area (Å²) in [5, 5.41) is 2.56. The van der Waals surface area contributed by atoms with Crippen LogP contribution in [0.25, 0.3) is 33.3 Å². The van der Waals surface area contributed by atoms with Crippen molar-refractivity contribution in [1.29, 1.82) is 0 Å². The SMILES string of the molecule is COc1ccccc1-c1cc2ccccc2c2[n+]1CCc1ccccc1-2.[F][Sb-]([F])([F])([F])([F])[F]. The fourth-order valence-corrected chi connectivity index (χ4v) is 4.13. The Hall–Kier alpha value is -2.73. The zero-order valence-corrected chi connectivity index (χ0v) is 20.0. The summed E-state index contributed by atoms with van der Waals surface area (Å²) in [7, 11) is 1.74. The van der Waals surface area contributed by atoms with Crippen LogP contribution in [0.3, 0.4) is 0 Å². The number of hydrogen-bond donors (Lipinski definition) is 0. The molecule has 0 saturated carbocycles. The molecule has 0 N–H and O–H groups in total. The second kappa shape index (κ2) is 7.66. The van der Waals surface area contributed by atoms with Crippen LogP contribution in [0.5, 0.6) is 5.75 Å². The van der Waals surface area contributed by atoms with Crippen molar-refractivity contribution in [3.05, 3.63) is 84.4 Å². The van der Waals surface area contributed by atoms with Gasteiger partial charge in [0, 0.05) is 12.5 Å². The molecule has 0 unspecified atom stereocenters. The molecule has 2 nitrogen and oxygen atoms in total. The molecule has 0 aliphatic carbocycles. The van der Waals surface area contributed by atoms with Crippen molar-refractivity contribution in [2.45, 2.75) is 13.0 Å². The van der Waals surface area contributed by atoms with Gasteiger partial charge in [-0.3, -0.25) is 0 Å². The van der Waals surface area contributed by atoms with Crippen LogP contribution in [0.4, 0.5) is 16.9 Å². The topological polar surface area (TPSA) is 13.1 Å². The maximum atomic E-state index is 9.93. The molecule has 9 heteroatoms. The number of ether oxygens (including phenoxy) is 1. The molecule has 2 heterocycles. The van der Waals surface area contributed by atoms with Crippen molar-refractivity contribution in [3.8, 4) is 28.3 Å². The molecule has 3 aromatic carbocycles. The van der Waals surface area contributed by atoms with Crippen LogP contribution in [0.1, 0.15) is 5.56 Å². The molecule has 1 aromatic heterocycles. The molecule has 4 aromatic rings. The van der Waals surface area contributed by atoms with Crippen molar-refractivity contribution < 1.29 is 26.2 Å². The van der Waals surface area contributed by atoms with Crippen LogP contribution in [0, 0.1) is 0 Å². The van der Waals surface area contributed by atoms with E-state index in [1.807, 2.05) is 12.1 Å². The Kier molecular flexibility index (Phi) is 5.44. The van der Waals surface area contributed by atoms with Crippen LogP contribution in [0.15, 0.2) is 78.9 Å². The van der Waals surface area contributed by atoms with E-state index in [4.69, 9.17) is 4.74 Å². The van der Waals surface area contributed by atoms with Gasteiger partial charge >= 0.3 is 36.4 Å². The van der Waals surface area contributed by atoms with Gasteiger partial charge < -0.3 is 4.74 Å². The Morgan fingerprint density at radius 1 is 0.758 bits per heavy atom. The molecule has 174 valence electrons. The molecule has 0 atom stereocenters. The summed E-state index contributed by atoms with van der Waals surface area (Å²) >= 11 is -11.2. The minimum atomic E-state index is -11.2. The van der Waals surface area contributed by atoms with Crippen LogP contribution >= 0.6 is 0 Å². The number of aryl methyl sites for hydroxylation is 1. The van der Waals surface area contributed by atoms with E-state index in [0.717, 1.165) is 24.3 Å². The normalized spacial score (nSPS) is 14.8. The van der Waals surface area contributed by atoms with Gasteiger partial charge in [0.1, 0.15) is 5.75 Å². The first-order chi connectivity index (χ1) is 15.3. The average molecular weight is 574 g/mol. The first kappa shape index (κ1) is 23.4. The molecule has 0 radical (unpaired) electrons. The monoisotopic (exact) mass is 573 g/mol. The molecule has 0 amide bonds. The summed E-state index contributed by atoms with van der Waals surface area (Å²) in [4.78, 5) is 0. The van der Waals surface area contributed by atoms with Gasteiger partial charge in [-0.2, -0.15) is 4.57 Å². The molecular weight excluding hydrogens is 554 g/mol. The van der Waals surface area contributed by atoms with Crippen LogP contribution < -0.4 is 9.30 Å². The van der Waals surface area contributed by atoms with E-state index in [1.54, 1.807) is 7.11 Å². The van der Waals surface area contributed by atoms with E-state index in [2.05, 4.69) is 71.3 Å². The van der Waals surface area contributed by atoms with E-state index in [9.17, 15) is 16.9 Å². The number of rotatable bonds is 2. The molecule has 0 saturated heterocycles. The fourth-order valence-electron chi connectivity index (χ4n) is 4.13.